The number of aliphatic carboxylic acids is 2. The molecule has 1 unspecified atom stereocenters. The maximum atomic E-state index is 11.6. The summed E-state index contributed by atoms with van der Waals surface area (Å²) in [5, 5.41) is 29.0. The number of carboxylic acids is 2. The number of carbonyl (C=O) groups excluding carboxylic acids is 2. The molecule has 0 fully saturated rings. The first-order valence-corrected chi connectivity index (χ1v) is 4.94. The summed E-state index contributed by atoms with van der Waals surface area (Å²) in [5.74, 6) is -4.03. The van der Waals surface area contributed by atoms with Gasteiger partial charge in [0.2, 0.25) is 0 Å². The number of Topliss-reactive ketones (excluding diaryl/α,β-unsaturated/α-hetero) is 1. The lowest BCUT2D eigenvalue weighted by atomic mass is 9.91. The van der Waals surface area contributed by atoms with Crippen LogP contribution < -0.4 is 5.11 Å². The molecule has 0 aromatic rings. The number of aliphatic hydroxyl groups is 1. The van der Waals surface area contributed by atoms with Gasteiger partial charge in [-0.1, -0.05) is 0 Å². The minimum absolute atomic E-state index is 0.120. The Hall–Kier alpha value is -1.47. The number of quaternary nitrogens is 1. The van der Waals surface area contributed by atoms with Gasteiger partial charge in [-0.2, -0.15) is 0 Å². The van der Waals surface area contributed by atoms with Crippen molar-refractivity contribution in [2.45, 2.75) is 18.4 Å². The second-order valence-electron chi connectivity index (χ2n) is 5.02. The Kier molecular flexibility index (Phi) is 4.79. The first kappa shape index (κ1) is 15.5. The Morgan fingerprint density at radius 1 is 1.24 bits per heavy atom. The third-order valence-electron chi connectivity index (χ3n) is 2.00. The van der Waals surface area contributed by atoms with E-state index in [2.05, 4.69) is 0 Å². The number of nitrogens with zero attached hydrogens (tertiary/aromatic N) is 1. The summed E-state index contributed by atoms with van der Waals surface area (Å²) in [7, 11) is 4.94. The van der Waals surface area contributed by atoms with E-state index >= 15 is 0 Å². The second kappa shape index (κ2) is 5.24. The number of carbonyl (C=O) groups is 3. The van der Waals surface area contributed by atoms with E-state index in [0.717, 1.165) is 0 Å². The van der Waals surface area contributed by atoms with E-state index < -0.39 is 36.2 Å². The van der Waals surface area contributed by atoms with Crippen molar-refractivity contribution in [3.63, 3.8) is 0 Å². The molecule has 7 heteroatoms. The molecule has 0 aliphatic heterocycles. The number of ketones is 1. The lowest BCUT2D eigenvalue weighted by Crippen LogP contribution is -2.56. The molecule has 0 bridgehead atoms. The smallest absolute Gasteiger partial charge is 0.310 e. The lowest BCUT2D eigenvalue weighted by molar-refractivity contribution is -0.875. The van der Waals surface area contributed by atoms with Crippen LogP contribution in [0.3, 0.4) is 0 Å². The van der Waals surface area contributed by atoms with Crippen molar-refractivity contribution < 1.29 is 34.2 Å². The maximum Gasteiger partial charge on any atom is 0.310 e. The summed E-state index contributed by atoms with van der Waals surface area (Å²) in [6.45, 7) is -0.201. The SMILES string of the molecule is C[N+](C)(C)CC(O)(CC(=O)[O-])C(=O)CC(=O)O. The largest absolute Gasteiger partial charge is 0.550 e. The van der Waals surface area contributed by atoms with Crippen LogP contribution in [0.15, 0.2) is 0 Å². The number of hydrogen-bond acceptors (Lipinski definition) is 5. The molecule has 0 spiro atoms. The Bertz CT molecular complexity index is 332. The normalized spacial score (nSPS) is 15.1. The minimum Gasteiger partial charge on any atom is -0.550 e. The van der Waals surface area contributed by atoms with Crippen LogP contribution in [0.25, 0.3) is 0 Å². The quantitative estimate of drug-likeness (QED) is 0.383. The van der Waals surface area contributed by atoms with Crippen molar-refractivity contribution in [3.05, 3.63) is 0 Å². The van der Waals surface area contributed by atoms with Crippen molar-refractivity contribution in [3.8, 4) is 0 Å². The van der Waals surface area contributed by atoms with E-state index in [-0.39, 0.29) is 11.0 Å². The highest BCUT2D eigenvalue weighted by Crippen LogP contribution is 2.17. The summed E-state index contributed by atoms with van der Waals surface area (Å²) in [5.41, 5.74) is -2.21. The fourth-order valence-corrected chi connectivity index (χ4v) is 1.57. The Morgan fingerprint density at radius 2 is 1.71 bits per heavy atom. The highest BCUT2D eigenvalue weighted by atomic mass is 16.4. The summed E-state index contributed by atoms with van der Waals surface area (Å²) < 4.78 is 0.120. The van der Waals surface area contributed by atoms with Gasteiger partial charge in [0.05, 0.1) is 21.1 Å². The predicted octanol–water partition coefficient (Wildman–Crippen LogP) is -2.39. The predicted molar refractivity (Wildman–Crippen MR) is 54.7 cm³/mol. The van der Waals surface area contributed by atoms with E-state index in [9.17, 15) is 24.6 Å². The molecule has 2 N–H and O–H groups in total. The fraction of sp³-hybridized carbons (Fsp3) is 0.700. The highest BCUT2D eigenvalue weighted by molar-refractivity contribution is 6.01. The molecule has 0 aliphatic carbocycles. The zero-order valence-corrected chi connectivity index (χ0v) is 10.1. The van der Waals surface area contributed by atoms with Crippen molar-refractivity contribution in [2.24, 2.45) is 0 Å². The summed E-state index contributed by atoms with van der Waals surface area (Å²) in [4.78, 5) is 32.5. The number of rotatable bonds is 7. The first-order chi connectivity index (χ1) is 7.46. The van der Waals surface area contributed by atoms with Gasteiger partial charge < -0.3 is 24.6 Å². The second-order valence-corrected chi connectivity index (χ2v) is 5.02. The average Bonchev–Trinajstić information content (AvgIpc) is 1.96. The molecule has 1 atom stereocenters. The zero-order chi connectivity index (χ0) is 13.9. The molecule has 17 heavy (non-hydrogen) atoms. The first-order valence-electron chi connectivity index (χ1n) is 4.94. The standard InChI is InChI=1S/C10H17NO6/c1-11(2,3)6-10(17,5-9(15)16)7(12)4-8(13)14/h17H,4-6H2,1-3H3,(H-,13,14,15,16). The molecular weight excluding hydrogens is 230 g/mol. The zero-order valence-electron chi connectivity index (χ0n) is 10.1. The van der Waals surface area contributed by atoms with Crippen LogP contribution in [-0.2, 0) is 14.4 Å². The minimum atomic E-state index is -2.21. The highest BCUT2D eigenvalue weighted by Gasteiger charge is 2.41. The van der Waals surface area contributed by atoms with Gasteiger partial charge in [0, 0.05) is 12.4 Å². The van der Waals surface area contributed by atoms with Gasteiger partial charge in [0.15, 0.2) is 11.4 Å². The molecule has 7 nitrogen and oxygen atoms in total. The Labute approximate surface area is 98.9 Å². The monoisotopic (exact) mass is 247 g/mol. The molecule has 0 saturated heterocycles. The van der Waals surface area contributed by atoms with E-state index in [1.165, 1.54) is 0 Å². The molecule has 0 amide bonds. The van der Waals surface area contributed by atoms with Crippen LogP contribution in [-0.4, -0.2) is 65.7 Å². The molecule has 0 aromatic heterocycles. The molecule has 0 rings (SSSR count). The summed E-state index contributed by atoms with van der Waals surface area (Å²) in [6, 6.07) is 0. The average molecular weight is 247 g/mol. The van der Waals surface area contributed by atoms with Crippen LogP contribution in [0.5, 0.6) is 0 Å². The fourth-order valence-electron chi connectivity index (χ4n) is 1.57. The summed E-state index contributed by atoms with van der Waals surface area (Å²) >= 11 is 0. The van der Waals surface area contributed by atoms with Crippen molar-refractivity contribution >= 4 is 17.7 Å². The Balaban J connectivity index is 5.02. The lowest BCUT2D eigenvalue weighted by Gasteiger charge is -2.34. The molecular formula is C10H17NO6. The van der Waals surface area contributed by atoms with Crippen molar-refractivity contribution in [1.29, 1.82) is 0 Å². The number of likely N-dealkylation sites (N-methyl/N-ethyl adjacent to an activating group) is 1. The van der Waals surface area contributed by atoms with Gasteiger partial charge in [-0.25, -0.2) is 0 Å². The summed E-state index contributed by atoms with van der Waals surface area (Å²) in [6.07, 6.45) is -1.82. The van der Waals surface area contributed by atoms with E-state index in [0.29, 0.717) is 0 Å². The topological polar surface area (TPSA) is 115 Å². The molecule has 0 saturated carbocycles. The number of carboxylic acid groups (broad SMARTS) is 2. The van der Waals surface area contributed by atoms with Crippen LogP contribution in [0.2, 0.25) is 0 Å². The van der Waals surface area contributed by atoms with Gasteiger partial charge in [-0.15, -0.1) is 0 Å². The molecule has 0 radical (unpaired) electrons. The third kappa shape index (κ3) is 5.98. The van der Waals surface area contributed by atoms with Crippen LogP contribution in [0.1, 0.15) is 12.8 Å². The molecule has 0 aliphatic rings. The van der Waals surface area contributed by atoms with Crippen molar-refractivity contribution in [2.75, 3.05) is 27.7 Å². The Morgan fingerprint density at radius 3 is 2.00 bits per heavy atom. The van der Waals surface area contributed by atoms with E-state index in [1.54, 1.807) is 21.1 Å². The maximum absolute atomic E-state index is 11.6. The van der Waals surface area contributed by atoms with Gasteiger partial charge in [-0.3, -0.25) is 9.59 Å². The number of hydrogen-bond donors (Lipinski definition) is 2. The van der Waals surface area contributed by atoms with E-state index in [1.807, 2.05) is 0 Å². The van der Waals surface area contributed by atoms with Gasteiger partial charge in [-0.05, 0) is 0 Å². The van der Waals surface area contributed by atoms with E-state index in [4.69, 9.17) is 5.11 Å². The third-order valence-corrected chi connectivity index (χ3v) is 2.00. The molecule has 0 heterocycles. The van der Waals surface area contributed by atoms with Gasteiger partial charge in [0.1, 0.15) is 13.0 Å². The van der Waals surface area contributed by atoms with Gasteiger partial charge in [0.25, 0.3) is 0 Å². The van der Waals surface area contributed by atoms with Crippen LogP contribution >= 0.6 is 0 Å². The van der Waals surface area contributed by atoms with Crippen LogP contribution in [0.4, 0.5) is 0 Å². The molecule has 0 aromatic carbocycles. The van der Waals surface area contributed by atoms with Crippen LogP contribution in [0, 0.1) is 0 Å². The van der Waals surface area contributed by atoms with Gasteiger partial charge >= 0.3 is 5.97 Å². The molecule has 98 valence electrons. The van der Waals surface area contributed by atoms with Crippen molar-refractivity contribution in [1.82, 2.24) is 0 Å².